The van der Waals surface area contributed by atoms with Crippen molar-refractivity contribution in [1.29, 1.82) is 0 Å². The van der Waals surface area contributed by atoms with Gasteiger partial charge in [0.15, 0.2) is 0 Å². The summed E-state index contributed by atoms with van der Waals surface area (Å²) in [6.07, 6.45) is -3.85. The first-order chi connectivity index (χ1) is 8.85. The summed E-state index contributed by atoms with van der Waals surface area (Å²) < 4.78 is 53.0. The lowest BCUT2D eigenvalue weighted by Crippen LogP contribution is -2.16. The maximum Gasteiger partial charge on any atom is 0.573 e. The number of nitrogens with zero attached hydrogens (tertiary/aromatic N) is 1. The lowest BCUT2D eigenvalue weighted by atomic mass is 10.1. The van der Waals surface area contributed by atoms with Gasteiger partial charge in [0.2, 0.25) is 5.95 Å². The van der Waals surface area contributed by atoms with Crippen molar-refractivity contribution in [2.45, 2.75) is 6.36 Å². The van der Waals surface area contributed by atoms with Crippen LogP contribution < -0.4 is 4.74 Å². The van der Waals surface area contributed by atoms with E-state index in [-0.39, 0.29) is 16.9 Å². The number of alkyl halides is 3. The SMILES string of the molecule is Oc1cnc(F)c(-c2ccc(OC(F)(F)F)cc2)c1. The van der Waals surface area contributed by atoms with E-state index in [1.54, 1.807) is 0 Å². The molecule has 2 rings (SSSR count). The highest BCUT2D eigenvalue weighted by Crippen LogP contribution is 2.28. The zero-order valence-electron chi connectivity index (χ0n) is 9.28. The Balaban J connectivity index is 2.30. The lowest BCUT2D eigenvalue weighted by Gasteiger charge is -2.09. The van der Waals surface area contributed by atoms with Gasteiger partial charge in [0.05, 0.1) is 6.20 Å². The van der Waals surface area contributed by atoms with E-state index in [2.05, 4.69) is 9.72 Å². The van der Waals surface area contributed by atoms with Gasteiger partial charge in [0.1, 0.15) is 11.5 Å². The van der Waals surface area contributed by atoms with Crippen LogP contribution >= 0.6 is 0 Å². The standard InChI is InChI=1S/C12H7F4NO2/c13-11-10(5-8(18)6-17-11)7-1-3-9(4-2-7)19-12(14,15)16/h1-6,18H. The second-order valence-electron chi connectivity index (χ2n) is 3.60. The number of rotatable bonds is 2. The maximum absolute atomic E-state index is 13.4. The van der Waals surface area contributed by atoms with Gasteiger partial charge in [-0.2, -0.15) is 4.39 Å². The van der Waals surface area contributed by atoms with E-state index in [1.807, 2.05) is 0 Å². The van der Waals surface area contributed by atoms with Crippen molar-refractivity contribution in [2.75, 3.05) is 0 Å². The second kappa shape index (κ2) is 4.75. The fraction of sp³-hybridized carbons (Fsp3) is 0.0833. The predicted molar refractivity (Wildman–Crippen MR) is 58.0 cm³/mol. The van der Waals surface area contributed by atoms with Crippen LogP contribution in [0.4, 0.5) is 17.6 Å². The number of hydrogen-bond acceptors (Lipinski definition) is 3. The van der Waals surface area contributed by atoms with Crippen LogP contribution in [0.3, 0.4) is 0 Å². The molecule has 0 bridgehead atoms. The van der Waals surface area contributed by atoms with Gasteiger partial charge < -0.3 is 9.84 Å². The molecule has 1 heterocycles. The van der Waals surface area contributed by atoms with Crippen molar-refractivity contribution >= 4 is 0 Å². The van der Waals surface area contributed by atoms with Crippen molar-refractivity contribution in [3.63, 3.8) is 0 Å². The number of benzene rings is 1. The summed E-state index contributed by atoms with van der Waals surface area (Å²) in [7, 11) is 0. The Morgan fingerprint density at radius 3 is 2.32 bits per heavy atom. The average Bonchev–Trinajstić information content (AvgIpc) is 2.31. The molecule has 0 saturated heterocycles. The molecule has 0 amide bonds. The first kappa shape index (κ1) is 13.1. The third-order valence-corrected chi connectivity index (χ3v) is 2.22. The number of halogens is 4. The molecular formula is C12H7F4NO2. The third kappa shape index (κ3) is 3.34. The smallest absolute Gasteiger partial charge is 0.506 e. The molecule has 0 aliphatic rings. The Labute approximate surface area is 105 Å². The number of aromatic hydroxyl groups is 1. The Kier molecular flexibility index (Phi) is 3.28. The first-order valence-corrected chi connectivity index (χ1v) is 5.06. The summed E-state index contributed by atoms with van der Waals surface area (Å²) in [5.74, 6) is -1.49. The minimum absolute atomic E-state index is 0.0152. The number of ether oxygens (including phenoxy) is 1. The van der Waals surface area contributed by atoms with Crippen LogP contribution in [0.25, 0.3) is 11.1 Å². The maximum atomic E-state index is 13.4. The predicted octanol–water partition coefficient (Wildman–Crippen LogP) is 3.49. The van der Waals surface area contributed by atoms with Crippen LogP contribution in [-0.4, -0.2) is 16.5 Å². The van der Waals surface area contributed by atoms with Crippen molar-refractivity contribution in [1.82, 2.24) is 4.98 Å². The van der Waals surface area contributed by atoms with Crippen molar-refractivity contribution < 1.29 is 27.4 Å². The van der Waals surface area contributed by atoms with Gasteiger partial charge in [-0.25, -0.2) is 4.98 Å². The van der Waals surface area contributed by atoms with E-state index in [1.165, 1.54) is 12.1 Å². The van der Waals surface area contributed by atoms with Gasteiger partial charge in [-0.3, -0.25) is 0 Å². The fourth-order valence-corrected chi connectivity index (χ4v) is 1.48. The van der Waals surface area contributed by atoms with E-state index >= 15 is 0 Å². The number of aromatic nitrogens is 1. The molecule has 0 atom stereocenters. The van der Waals surface area contributed by atoms with Crippen LogP contribution in [0.15, 0.2) is 36.5 Å². The quantitative estimate of drug-likeness (QED) is 0.672. The molecule has 0 aliphatic carbocycles. The number of pyridine rings is 1. The van der Waals surface area contributed by atoms with Crippen LogP contribution in [0.1, 0.15) is 0 Å². The van der Waals surface area contributed by atoms with Gasteiger partial charge in [0, 0.05) is 5.56 Å². The molecule has 2 aromatic rings. The monoisotopic (exact) mass is 273 g/mol. The minimum atomic E-state index is -4.78. The Morgan fingerprint density at radius 1 is 1.11 bits per heavy atom. The van der Waals surface area contributed by atoms with Crippen molar-refractivity contribution in [2.24, 2.45) is 0 Å². The zero-order chi connectivity index (χ0) is 14.0. The van der Waals surface area contributed by atoms with Crippen LogP contribution in [-0.2, 0) is 0 Å². The molecule has 1 aromatic carbocycles. The normalized spacial score (nSPS) is 11.4. The molecule has 100 valence electrons. The molecule has 7 heteroatoms. The van der Waals surface area contributed by atoms with Gasteiger partial charge >= 0.3 is 6.36 Å². The average molecular weight is 273 g/mol. The Morgan fingerprint density at radius 2 is 1.74 bits per heavy atom. The molecule has 0 spiro atoms. The second-order valence-corrected chi connectivity index (χ2v) is 3.60. The third-order valence-electron chi connectivity index (χ3n) is 2.22. The molecule has 0 fully saturated rings. The molecule has 0 saturated carbocycles. The highest BCUT2D eigenvalue weighted by atomic mass is 19.4. The van der Waals surface area contributed by atoms with E-state index in [0.717, 1.165) is 24.4 Å². The number of hydrogen-bond donors (Lipinski definition) is 1. The molecule has 0 radical (unpaired) electrons. The summed E-state index contributed by atoms with van der Waals surface area (Å²) in [6.45, 7) is 0. The molecule has 1 aromatic heterocycles. The van der Waals surface area contributed by atoms with Crippen LogP contribution in [0.5, 0.6) is 11.5 Å². The van der Waals surface area contributed by atoms with Gasteiger partial charge in [-0.05, 0) is 23.8 Å². The van der Waals surface area contributed by atoms with Crippen LogP contribution in [0.2, 0.25) is 0 Å². The fourth-order valence-electron chi connectivity index (χ4n) is 1.48. The summed E-state index contributed by atoms with van der Waals surface area (Å²) in [5, 5.41) is 9.20. The lowest BCUT2D eigenvalue weighted by molar-refractivity contribution is -0.274. The summed E-state index contributed by atoms with van der Waals surface area (Å²) in [5.41, 5.74) is 0.258. The molecule has 1 N–H and O–H groups in total. The molecule has 3 nitrogen and oxygen atoms in total. The minimum Gasteiger partial charge on any atom is -0.506 e. The van der Waals surface area contributed by atoms with E-state index < -0.39 is 18.1 Å². The molecular weight excluding hydrogens is 266 g/mol. The van der Waals surface area contributed by atoms with E-state index in [0.29, 0.717) is 0 Å². The first-order valence-electron chi connectivity index (χ1n) is 5.06. The zero-order valence-corrected chi connectivity index (χ0v) is 9.28. The Hall–Kier alpha value is -2.31. The highest BCUT2D eigenvalue weighted by Gasteiger charge is 2.30. The summed E-state index contributed by atoms with van der Waals surface area (Å²) in [4.78, 5) is 3.31. The molecule has 0 unspecified atom stereocenters. The van der Waals surface area contributed by atoms with Gasteiger partial charge in [0.25, 0.3) is 0 Å². The van der Waals surface area contributed by atoms with E-state index in [9.17, 15) is 22.7 Å². The molecule has 0 aliphatic heterocycles. The van der Waals surface area contributed by atoms with Crippen LogP contribution in [0, 0.1) is 5.95 Å². The summed E-state index contributed by atoms with van der Waals surface area (Å²) in [6, 6.07) is 5.70. The highest BCUT2D eigenvalue weighted by molar-refractivity contribution is 5.65. The molecule has 19 heavy (non-hydrogen) atoms. The largest absolute Gasteiger partial charge is 0.573 e. The van der Waals surface area contributed by atoms with Crippen molar-refractivity contribution in [3.8, 4) is 22.6 Å². The topological polar surface area (TPSA) is 42.4 Å². The van der Waals surface area contributed by atoms with Gasteiger partial charge in [-0.15, -0.1) is 13.2 Å². The van der Waals surface area contributed by atoms with E-state index in [4.69, 9.17) is 0 Å². The summed E-state index contributed by atoms with van der Waals surface area (Å²) >= 11 is 0. The van der Waals surface area contributed by atoms with Gasteiger partial charge in [-0.1, -0.05) is 12.1 Å². The van der Waals surface area contributed by atoms with Crippen molar-refractivity contribution in [3.05, 3.63) is 42.5 Å². The Bertz CT molecular complexity index is 581.